The van der Waals surface area contributed by atoms with Gasteiger partial charge in [-0.3, -0.25) is 10.8 Å². The van der Waals surface area contributed by atoms with Crippen molar-refractivity contribution in [3.05, 3.63) is 108 Å². The van der Waals surface area contributed by atoms with E-state index in [-0.39, 0.29) is 11.7 Å². The molecule has 0 saturated heterocycles. The van der Waals surface area contributed by atoms with Gasteiger partial charge in [0.25, 0.3) is 0 Å². The van der Waals surface area contributed by atoms with Crippen LogP contribution in [0, 0.1) is 10.8 Å². The minimum atomic E-state index is 0.0439. The third-order valence-corrected chi connectivity index (χ3v) is 4.93. The van der Waals surface area contributed by atoms with Crippen LogP contribution in [0.3, 0.4) is 0 Å². The molecular weight excluding hydrogens is 372 g/mol. The third-order valence-electron chi connectivity index (χ3n) is 4.93. The van der Waals surface area contributed by atoms with Crippen molar-refractivity contribution in [1.82, 2.24) is 9.55 Å². The highest BCUT2D eigenvalue weighted by molar-refractivity contribution is 5.95. The lowest BCUT2D eigenvalue weighted by Gasteiger charge is -2.09. The van der Waals surface area contributed by atoms with Crippen molar-refractivity contribution in [2.75, 3.05) is 0 Å². The number of amidine groups is 2. The Hall–Kier alpha value is -4.19. The molecule has 0 amide bonds. The lowest BCUT2D eigenvalue weighted by Crippen LogP contribution is -2.11. The fourth-order valence-corrected chi connectivity index (χ4v) is 3.31. The highest BCUT2D eigenvalue weighted by Gasteiger charge is 2.13. The van der Waals surface area contributed by atoms with Crippen LogP contribution in [0.2, 0.25) is 0 Å². The first kappa shape index (κ1) is 19.1. The molecule has 0 saturated carbocycles. The smallest absolute Gasteiger partial charge is 0.122 e. The number of hydrogen-bond acceptors (Lipinski definition) is 3. The van der Waals surface area contributed by atoms with E-state index in [0.29, 0.717) is 17.5 Å². The molecule has 0 aliphatic rings. The van der Waals surface area contributed by atoms with Gasteiger partial charge in [0, 0.05) is 35.0 Å². The molecule has 30 heavy (non-hydrogen) atoms. The van der Waals surface area contributed by atoms with E-state index in [1.54, 1.807) is 0 Å². The molecule has 0 spiro atoms. The summed E-state index contributed by atoms with van der Waals surface area (Å²) in [4.78, 5) is 4.90. The molecule has 0 unspecified atom stereocenters. The summed E-state index contributed by atoms with van der Waals surface area (Å²) in [5, 5.41) is 15.2. The molecule has 3 aromatic carbocycles. The summed E-state index contributed by atoms with van der Waals surface area (Å²) in [6.07, 6.45) is 2.69. The van der Waals surface area contributed by atoms with E-state index in [1.807, 2.05) is 72.9 Å². The molecule has 6 nitrogen and oxygen atoms in total. The van der Waals surface area contributed by atoms with E-state index in [2.05, 4.69) is 16.7 Å². The summed E-state index contributed by atoms with van der Waals surface area (Å²) < 4.78 is 2.06. The number of nitrogen functional groups attached to an aromatic ring is 2. The summed E-state index contributed by atoms with van der Waals surface area (Å²) in [7, 11) is 0. The van der Waals surface area contributed by atoms with Crippen molar-refractivity contribution in [3.63, 3.8) is 0 Å². The molecule has 6 N–H and O–H groups in total. The van der Waals surface area contributed by atoms with Crippen molar-refractivity contribution in [2.24, 2.45) is 11.5 Å². The van der Waals surface area contributed by atoms with E-state index < -0.39 is 0 Å². The highest BCUT2D eigenvalue weighted by atomic mass is 15.1. The zero-order valence-electron chi connectivity index (χ0n) is 16.3. The van der Waals surface area contributed by atoms with Gasteiger partial charge >= 0.3 is 0 Å². The minimum absolute atomic E-state index is 0.0439. The molecule has 0 radical (unpaired) electrons. The maximum Gasteiger partial charge on any atom is 0.122 e. The maximum atomic E-state index is 7.60. The molecule has 1 heterocycles. The van der Waals surface area contributed by atoms with Crippen LogP contribution >= 0.6 is 0 Å². The summed E-state index contributed by atoms with van der Waals surface area (Å²) in [6.45, 7) is 0. The molecule has 1 aromatic heterocycles. The van der Waals surface area contributed by atoms with Gasteiger partial charge in [-0.05, 0) is 29.8 Å². The van der Waals surface area contributed by atoms with Gasteiger partial charge in [-0.2, -0.15) is 0 Å². The van der Waals surface area contributed by atoms with Crippen molar-refractivity contribution in [1.29, 1.82) is 10.8 Å². The topological polar surface area (TPSA) is 118 Å². The number of nitrogens with two attached hydrogens (primary N) is 2. The van der Waals surface area contributed by atoms with Crippen LogP contribution in [0.15, 0.2) is 85.1 Å². The SMILES string of the molecule is N=C(N)c1ccc(-c2cn(-c3ccc(C(=N)N)cc3)c(Cc3ccccc3)n2)cc1. The largest absolute Gasteiger partial charge is 0.384 e. The number of aromatic nitrogens is 2. The fourth-order valence-electron chi connectivity index (χ4n) is 3.31. The zero-order chi connectivity index (χ0) is 21.1. The molecule has 4 rings (SSSR count). The maximum absolute atomic E-state index is 7.60. The van der Waals surface area contributed by atoms with E-state index in [1.165, 1.54) is 5.56 Å². The van der Waals surface area contributed by atoms with Crippen LogP contribution in [-0.4, -0.2) is 21.2 Å². The van der Waals surface area contributed by atoms with Gasteiger partial charge in [-0.15, -0.1) is 0 Å². The van der Waals surface area contributed by atoms with Gasteiger partial charge < -0.3 is 16.0 Å². The number of rotatable bonds is 6. The van der Waals surface area contributed by atoms with Crippen LogP contribution in [0.25, 0.3) is 16.9 Å². The second kappa shape index (κ2) is 8.05. The minimum Gasteiger partial charge on any atom is -0.384 e. The summed E-state index contributed by atoms with van der Waals surface area (Å²) in [5.74, 6) is 0.993. The number of nitrogens with one attached hydrogen (secondary N) is 2. The summed E-state index contributed by atoms with van der Waals surface area (Å²) >= 11 is 0. The van der Waals surface area contributed by atoms with Crippen LogP contribution < -0.4 is 11.5 Å². The average Bonchev–Trinajstić information content (AvgIpc) is 3.18. The monoisotopic (exact) mass is 394 g/mol. The van der Waals surface area contributed by atoms with E-state index in [4.69, 9.17) is 27.3 Å². The van der Waals surface area contributed by atoms with Gasteiger partial charge in [-0.1, -0.05) is 54.6 Å². The Balaban J connectivity index is 1.76. The van der Waals surface area contributed by atoms with Gasteiger partial charge in [0.15, 0.2) is 0 Å². The summed E-state index contributed by atoms with van der Waals surface area (Å²) in [5.41, 5.74) is 16.4. The standard InChI is InChI=1S/C24H22N6/c25-23(26)18-8-6-17(7-9-18)21-15-30(20-12-10-19(11-13-20)24(27)28)22(29-21)14-16-4-2-1-3-5-16/h1-13,15H,14H2,(H3,25,26)(H3,27,28). The number of benzene rings is 3. The zero-order valence-corrected chi connectivity index (χ0v) is 16.3. The second-order valence-electron chi connectivity index (χ2n) is 7.03. The third kappa shape index (κ3) is 3.98. The predicted molar refractivity (Wildman–Crippen MR) is 120 cm³/mol. The molecule has 0 aliphatic carbocycles. The average molecular weight is 394 g/mol. The first-order chi connectivity index (χ1) is 14.5. The van der Waals surface area contributed by atoms with Gasteiger partial charge in [0.2, 0.25) is 0 Å². The van der Waals surface area contributed by atoms with Crippen LogP contribution in [0.5, 0.6) is 0 Å². The second-order valence-corrected chi connectivity index (χ2v) is 7.03. The molecule has 148 valence electrons. The lowest BCUT2D eigenvalue weighted by molar-refractivity contribution is 0.914. The Bertz CT molecular complexity index is 1190. The first-order valence-corrected chi connectivity index (χ1v) is 9.53. The first-order valence-electron chi connectivity index (χ1n) is 9.53. The van der Waals surface area contributed by atoms with Gasteiger partial charge in [-0.25, -0.2) is 4.98 Å². The van der Waals surface area contributed by atoms with Crippen LogP contribution in [-0.2, 0) is 6.42 Å². The number of hydrogen-bond donors (Lipinski definition) is 4. The quantitative estimate of drug-likeness (QED) is 0.295. The molecule has 0 atom stereocenters. The number of imidazole rings is 1. The Labute approximate surface area is 174 Å². The predicted octanol–water partition coefficient (Wildman–Crippen LogP) is 3.70. The Kier molecular flexibility index (Phi) is 5.13. The van der Waals surface area contributed by atoms with Crippen molar-refractivity contribution < 1.29 is 0 Å². The molecule has 4 aromatic rings. The lowest BCUT2D eigenvalue weighted by atomic mass is 10.1. The number of nitrogens with zero attached hydrogens (tertiary/aromatic N) is 2. The van der Waals surface area contributed by atoms with Crippen molar-refractivity contribution >= 4 is 11.7 Å². The normalized spacial score (nSPS) is 10.7. The van der Waals surface area contributed by atoms with Crippen LogP contribution in [0.1, 0.15) is 22.5 Å². The Morgan fingerprint density at radius 2 is 1.33 bits per heavy atom. The molecule has 0 bridgehead atoms. The molecule has 0 aliphatic heterocycles. The molecular formula is C24H22N6. The highest BCUT2D eigenvalue weighted by Crippen LogP contribution is 2.24. The Morgan fingerprint density at radius 1 is 0.767 bits per heavy atom. The molecule has 0 fully saturated rings. The van der Waals surface area contributed by atoms with Crippen molar-refractivity contribution in [2.45, 2.75) is 6.42 Å². The van der Waals surface area contributed by atoms with Crippen LogP contribution in [0.4, 0.5) is 0 Å². The molecule has 6 heteroatoms. The summed E-state index contributed by atoms with van der Waals surface area (Å²) in [6, 6.07) is 25.3. The van der Waals surface area contributed by atoms with Gasteiger partial charge in [0.05, 0.1) is 5.69 Å². The van der Waals surface area contributed by atoms with E-state index in [0.717, 1.165) is 22.8 Å². The van der Waals surface area contributed by atoms with E-state index >= 15 is 0 Å². The van der Waals surface area contributed by atoms with E-state index in [9.17, 15) is 0 Å². The van der Waals surface area contributed by atoms with Gasteiger partial charge in [0.1, 0.15) is 17.5 Å². The van der Waals surface area contributed by atoms with Crippen molar-refractivity contribution in [3.8, 4) is 16.9 Å². The fraction of sp³-hybridized carbons (Fsp3) is 0.0417. The Morgan fingerprint density at radius 3 is 1.90 bits per heavy atom.